The van der Waals surface area contributed by atoms with Gasteiger partial charge in [-0.3, -0.25) is 4.55 Å². The summed E-state index contributed by atoms with van der Waals surface area (Å²) in [5, 5.41) is 0. The van der Waals surface area contributed by atoms with Crippen molar-refractivity contribution in [3.05, 3.63) is 0 Å². The van der Waals surface area contributed by atoms with Gasteiger partial charge in [-0.1, -0.05) is 4.39 Å². The molecule has 0 fully saturated rings. The lowest BCUT2D eigenvalue weighted by molar-refractivity contribution is 0.00297. The molecular formula is C3H7FO6S2. The number of halogens is 1. The molecule has 0 bridgehead atoms. The van der Waals surface area contributed by atoms with E-state index in [1.54, 1.807) is 0 Å². The molecule has 0 heterocycles. The van der Waals surface area contributed by atoms with Crippen molar-refractivity contribution in [2.45, 2.75) is 6.42 Å². The van der Waals surface area contributed by atoms with Crippen molar-refractivity contribution in [2.24, 2.45) is 0 Å². The van der Waals surface area contributed by atoms with Gasteiger partial charge in [0.1, 0.15) is 0 Å². The number of hydrogen-bond donors (Lipinski definition) is 1. The summed E-state index contributed by atoms with van der Waals surface area (Å²) in [5.41, 5.74) is 0. The highest BCUT2D eigenvalue weighted by molar-refractivity contribution is 7.87. The van der Waals surface area contributed by atoms with Crippen molar-refractivity contribution >= 4 is 20.2 Å². The Morgan fingerprint density at radius 1 is 1.17 bits per heavy atom. The molecule has 0 amide bonds. The topological polar surface area (TPSA) is 97.7 Å². The standard InChI is InChI=1S/C3H7FO6S2/c4-10-12(8,9)3-1-2-11(5,6)7/h1-3H2,(H,5,6,7). The predicted molar refractivity (Wildman–Crippen MR) is 37.0 cm³/mol. The van der Waals surface area contributed by atoms with Crippen molar-refractivity contribution < 1.29 is 30.3 Å². The quantitative estimate of drug-likeness (QED) is 0.629. The first-order valence-electron chi connectivity index (χ1n) is 2.75. The second-order valence-corrected chi connectivity index (χ2v) is 5.19. The maximum absolute atomic E-state index is 11.1. The fourth-order valence-corrected chi connectivity index (χ4v) is 1.70. The summed E-state index contributed by atoms with van der Waals surface area (Å²) in [5.74, 6) is -1.53. The molecule has 74 valence electrons. The largest absolute Gasteiger partial charge is 0.297 e. The van der Waals surface area contributed by atoms with E-state index in [0.717, 1.165) is 0 Å². The molecule has 0 aromatic heterocycles. The molecule has 12 heavy (non-hydrogen) atoms. The van der Waals surface area contributed by atoms with Gasteiger partial charge >= 0.3 is 0 Å². The molecule has 0 radical (unpaired) electrons. The zero-order chi connectivity index (χ0) is 9.83. The third kappa shape index (κ3) is 6.46. The van der Waals surface area contributed by atoms with Crippen molar-refractivity contribution in [3.63, 3.8) is 0 Å². The first-order valence-corrected chi connectivity index (χ1v) is 5.93. The molecule has 0 aliphatic rings. The first-order chi connectivity index (χ1) is 5.27. The van der Waals surface area contributed by atoms with Crippen LogP contribution in [0, 0.1) is 0 Å². The van der Waals surface area contributed by atoms with Crippen molar-refractivity contribution in [1.82, 2.24) is 0 Å². The lowest BCUT2D eigenvalue weighted by Gasteiger charge is -1.95. The van der Waals surface area contributed by atoms with Gasteiger partial charge in [0.05, 0.1) is 11.5 Å². The van der Waals surface area contributed by atoms with Crippen LogP contribution in [0.25, 0.3) is 0 Å². The van der Waals surface area contributed by atoms with E-state index in [1.807, 2.05) is 0 Å². The Balaban J connectivity index is 3.89. The second-order valence-electron chi connectivity index (χ2n) is 1.96. The van der Waals surface area contributed by atoms with Crippen LogP contribution in [0.5, 0.6) is 0 Å². The molecule has 0 saturated heterocycles. The summed E-state index contributed by atoms with van der Waals surface area (Å²) >= 11 is 0. The van der Waals surface area contributed by atoms with Crippen LogP contribution in [0.2, 0.25) is 0 Å². The third-order valence-corrected chi connectivity index (χ3v) is 2.68. The van der Waals surface area contributed by atoms with Crippen LogP contribution < -0.4 is 0 Å². The van der Waals surface area contributed by atoms with Crippen molar-refractivity contribution in [3.8, 4) is 0 Å². The third-order valence-electron chi connectivity index (χ3n) is 0.893. The van der Waals surface area contributed by atoms with Gasteiger partial charge in [0.15, 0.2) is 0 Å². The average Bonchev–Trinajstić information content (AvgIpc) is 1.84. The minimum Gasteiger partial charge on any atom is -0.286 e. The Hall–Kier alpha value is -0.250. The summed E-state index contributed by atoms with van der Waals surface area (Å²) in [6.45, 7) is 0. The number of rotatable bonds is 5. The van der Waals surface area contributed by atoms with E-state index in [9.17, 15) is 21.4 Å². The highest BCUT2D eigenvalue weighted by atomic mass is 32.2. The predicted octanol–water partition coefficient (Wildman–Crippen LogP) is -0.505. The molecule has 0 rings (SSSR count). The second kappa shape index (κ2) is 4.12. The zero-order valence-corrected chi connectivity index (χ0v) is 7.44. The highest BCUT2D eigenvalue weighted by Gasteiger charge is 2.13. The average molecular weight is 222 g/mol. The first kappa shape index (κ1) is 11.8. The molecule has 0 saturated carbocycles. The Morgan fingerprint density at radius 2 is 1.67 bits per heavy atom. The molecule has 0 atom stereocenters. The lowest BCUT2D eigenvalue weighted by atomic mass is 10.6. The van der Waals surface area contributed by atoms with Crippen LogP contribution in [-0.4, -0.2) is 32.9 Å². The van der Waals surface area contributed by atoms with Crippen molar-refractivity contribution in [2.75, 3.05) is 11.5 Å². The Bertz CT molecular complexity index is 315. The fourth-order valence-electron chi connectivity index (χ4n) is 0.450. The van der Waals surface area contributed by atoms with Gasteiger partial charge in [0.2, 0.25) is 0 Å². The van der Waals surface area contributed by atoms with Gasteiger partial charge in [0, 0.05) is 0 Å². The van der Waals surface area contributed by atoms with Gasteiger partial charge in [-0.2, -0.15) is 16.8 Å². The molecule has 0 aromatic rings. The Labute approximate surface area is 69.1 Å². The summed E-state index contributed by atoms with van der Waals surface area (Å²) in [6, 6.07) is 0. The summed E-state index contributed by atoms with van der Waals surface area (Å²) in [4.78, 5) is 0. The fraction of sp³-hybridized carbons (Fsp3) is 1.00. The van der Waals surface area contributed by atoms with E-state index in [4.69, 9.17) is 4.55 Å². The minimum atomic E-state index is -4.28. The normalized spacial score (nSPS) is 13.2. The van der Waals surface area contributed by atoms with Crippen LogP contribution >= 0.6 is 0 Å². The molecule has 9 heteroatoms. The van der Waals surface area contributed by atoms with Crippen molar-refractivity contribution in [1.29, 1.82) is 0 Å². The molecule has 0 aromatic carbocycles. The van der Waals surface area contributed by atoms with E-state index in [1.165, 1.54) is 0 Å². The molecule has 0 unspecified atom stereocenters. The Morgan fingerprint density at radius 3 is 2.00 bits per heavy atom. The maximum Gasteiger partial charge on any atom is 0.297 e. The molecular weight excluding hydrogens is 215 g/mol. The van der Waals surface area contributed by atoms with E-state index in [2.05, 4.69) is 4.39 Å². The van der Waals surface area contributed by atoms with Gasteiger partial charge in [0.25, 0.3) is 20.2 Å². The summed E-state index contributed by atoms with van der Waals surface area (Å²) in [6.07, 6.45) is -0.412. The van der Waals surface area contributed by atoms with Crippen LogP contribution in [0.4, 0.5) is 4.53 Å². The van der Waals surface area contributed by atoms with Crippen LogP contribution in [0.1, 0.15) is 6.42 Å². The maximum atomic E-state index is 11.1. The SMILES string of the molecule is O=S(=O)(O)CCCS(=O)(=O)OF. The van der Waals surface area contributed by atoms with E-state index in [0.29, 0.717) is 0 Å². The molecule has 0 aliphatic carbocycles. The van der Waals surface area contributed by atoms with E-state index in [-0.39, 0.29) is 0 Å². The lowest BCUT2D eigenvalue weighted by Crippen LogP contribution is -2.11. The summed E-state index contributed by atoms with van der Waals surface area (Å²) < 4.78 is 62.3. The smallest absolute Gasteiger partial charge is 0.286 e. The van der Waals surface area contributed by atoms with Crippen LogP contribution in [0.3, 0.4) is 0 Å². The molecule has 6 nitrogen and oxygen atoms in total. The monoisotopic (exact) mass is 222 g/mol. The number of hydrogen-bond acceptors (Lipinski definition) is 5. The van der Waals surface area contributed by atoms with Gasteiger partial charge in [-0.15, -0.1) is 0 Å². The van der Waals surface area contributed by atoms with E-state index < -0.39 is 38.2 Å². The van der Waals surface area contributed by atoms with Gasteiger partial charge in [-0.25, -0.2) is 0 Å². The zero-order valence-electron chi connectivity index (χ0n) is 5.80. The van der Waals surface area contributed by atoms with E-state index >= 15 is 0 Å². The molecule has 1 N–H and O–H groups in total. The van der Waals surface area contributed by atoms with Gasteiger partial charge in [-0.05, 0) is 10.9 Å². The highest BCUT2D eigenvalue weighted by Crippen LogP contribution is 1.98. The molecule has 0 spiro atoms. The minimum absolute atomic E-state index is 0.412. The summed E-state index contributed by atoms with van der Waals surface area (Å²) in [7, 11) is -8.48. The Kier molecular flexibility index (Phi) is 4.03. The van der Waals surface area contributed by atoms with Crippen LogP contribution in [-0.2, 0) is 24.6 Å². The van der Waals surface area contributed by atoms with Gasteiger partial charge < -0.3 is 0 Å². The molecule has 0 aliphatic heterocycles. The van der Waals surface area contributed by atoms with Crippen LogP contribution in [0.15, 0.2) is 0 Å².